The molecule has 0 spiro atoms. The van der Waals surface area contributed by atoms with Gasteiger partial charge in [0.2, 0.25) is 0 Å². The third kappa shape index (κ3) is 2.15. The molecule has 0 saturated carbocycles. The molecule has 1 aromatic carbocycles. The van der Waals surface area contributed by atoms with E-state index in [0.29, 0.717) is 19.0 Å². The molecule has 2 aromatic rings. The van der Waals surface area contributed by atoms with Crippen LogP contribution in [0.5, 0.6) is 11.5 Å². The summed E-state index contributed by atoms with van der Waals surface area (Å²) in [5.74, 6) is 2.30. The summed E-state index contributed by atoms with van der Waals surface area (Å²) in [6.45, 7) is 5.32. The molecule has 0 aliphatic carbocycles. The number of hydrogen-bond acceptors (Lipinski definition) is 5. The highest BCUT2D eigenvalue weighted by Crippen LogP contribution is 2.37. The number of nitrogens with two attached hydrogens (primary N) is 1. The molecule has 0 saturated heterocycles. The van der Waals surface area contributed by atoms with E-state index in [9.17, 15) is 0 Å². The van der Waals surface area contributed by atoms with E-state index in [1.807, 2.05) is 18.2 Å². The molecule has 0 radical (unpaired) electrons. The van der Waals surface area contributed by atoms with Crippen molar-refractivity contribution < 1.29 is 9.47 Å². The van der Waals surface area contributed by atoms with Crippen molar-refractivity contribution in [1.82, 2.24) is 9.97 Å². The lowest BCUT2D eigenvalue weighted by atomic mass is 9.97. The van der Waals surface area contributed by atoms with Gasteiger partial charge in [-0.15, -0.1) is 0 Å². The van der Waals surface area contributed by atoms with Gasteiger partial charge in [-0.3, -0.25) is 0 Å². The van der Waals surface area contributed by atoms with Crippen LogP contribution in [-0.2, 0) is 0 Å². The van der Waals surface area contributed by atoms with Crippen LogP contribution in [0.1, 0.15) is 25.3 Å². The Morgan fingerprint density at radius 2 is 1.85 bits per heavy atom. The topological polar surface area (TPSA) is 70.3 Å². The second kappa shape index (κ2) is 5.00. The van der Waals surface area contributed by atoms with Crippen LogP contribution in [0, 0.1) is 0 Å². The van der Waals surface area contributed by atoms with Crippen molar-refractivity contribution >= 4 is 5.82 Å². The molecule has 0 fully saturated rings. The lowest BCUT2D eigenvalue weighted by Crippen LogP contribution is -2.15. The summed E-state index contributed by atoms with van der Waals surface area (Å²) in [6.07, 6.45) is 1.49. The fourth-order valence-electron chi connectivity index (χ4n) is 2.40. The third-order valence-corrected chi connectivity index (χ3v) is 3.31. The first-order valence-electron chi connectivity index (χ1n) is 6.67. The highest BCUT2D eigenvalue weighted by Gasteiger charge is 2.17. The van der Waals surface area contributed by atoms with E-state index in [1.54, 1.807) is 0 Å². The van der Waals surface area contributed by atoms with Crippen LogP contribution in [0.25, 0.3) is 11.3 Å². The van der Waals surface area contributed by atoms with E-state index < -0.39 is 0 Å². The van der Waals surface area contributed by atoms with Crippen LogP contribution in [0.4, 0.5) is 5.82 Å². The van der Waals surface area contributed by atoms with E-state index in [-0.39, 0.29) is 5.92 Å². The minimum absolute atomic E-state index is 0.249. The molecule has 5 heteroatoms. The minimum Gasteiger partial charge on any atom is -0.486 e. The quantitative estimate of drug-likeness (QED) is 0.909. The molecule has 20 heavy (non-hydrogen) atoms. The lowest BCUT2D eigenvalue weighted by molar-refractivity contribution is 0.171. The van der Waals surface area contributed by atoms with Crippen LogP contribution in [-0.4, -0.2) is 23.2 Å². The zero-order valence-electron chi connectivity index (χ0n) is 11.6. The molecular formula is C15H17N3O2. The molecule has 3 rings (SSSR count). The summed E-state index contributed by atoms with van der Waals surface area (Å²) in [7, 11) is 0. The predicted molar refractivity (Wildman–Crippen MR) is 77.0 cm³/mol. The number of aromatic nitrogens is 2. The number of ether oxygens (including phenoxy) is 2. The van der Waals surface area contributed by atoms with Gasteiger partial charge in [0.05, 0.1) is 5.69 Å². The Morgan fingerprint density at radius 3 is 2.60 bits per heavy atom. The molecule has 0 unspecified atom stereocenters. The van der Waals surface area contributed by atoms with Gasteiger partial charge in [-0.1, -0.05) is 13.8 Å². The van der Waals surface area contributed by atoms with Crippen LogP contribution < -0.4 is 15.2 Å². The average molecular weight is 271 g/mol. The minimum atomic E-state index is 0.249. The summed E-state index contributed by atoms with van der Waals surface area (Å²) in [5, 5.41) is 0. The van der Waals surface area contributed by atoms with Crippen molar-refractivity contribution in [2.75, 3.05) is 18.9 Å². The predicted octanol–water partition coefficient (Wildman–Crippen LogP) is 2.62. The molecule has 104 valence electrons. The summed E-state index contributed by atoms with van der Waals surface area (Å²) in [6, 6.07) is 5.83. The number of fused-ring (bicyclic) bond motifs is 1. The first kappa shape index (κ1) is 12.7. The number of nitrogen functional groups attached to an aromatic ring is 1. The maximum atomic E-state index is 5.99. The molecule has 2 heterocycles. The van der Waals surface area contributed by atoms with E-state index >= 15 is 0 Å². The van der Waals surface area contributed by atoms with Gasteiger partial charge in [0.1, 0.15) is 25.4 Å². The van der Waals surface area contributed by atoms with E-state index in [2.05, 4.69) is 23.8 Å². The van der Waals surface area contributed by atoms with Gasteiger partial charge in [0, 0.05) is 11.1 Å². The van der Waals surface area contributed by atoms with Crippen LogP contribution in [0.2, 0.25) is 0 Å². The van der Waals surface area contributed by atoms with E-state index in [4.69, 9.17) is 15.2 Å². The highest BCUT2D eigenvalue weighted by molar-refractivity contribution is 5.70. The second-order valence-corrected chi connectivity index (χ2v) is 5.03. The van der Waals surface area contributed by atoms with E-state index in [1.165, 1.54) is 6.33 Å². The number of anilines is 1. The van der Waals surface area contributed by atoms with Crippen molar-refractivity contribution in [1.29, 1.82) is 0 Å². The fourth-order valence-corrected chi connectivity index (χ4v) is 2.40. The van der Waals surface area contributed by atoms with Gasteiger partial charge in [0.25, 0.3) is 0 Å². The molecular weight excluding hydrogens is 254 g/mol. The smallest absolute Gasteiger partial charge is 0.162 e. The molecule has 5 nitrogen and oxygen atoms in total. The molecule has 1 aromatic heterocycles. The first-order valence-corrected chi connectivity index (χ1v) is 6.67. The second-order valence-electron chi connectivity index (χ2n) is 5.03. The Balaban J connectivity index is 2.12. The van der Waals surface area contributed by atoms with Crippen LogP contribution in [0.15, 0.2) is 24.5 Å². The van der Waals surface area contributed by atoms with Crippen molar-refractivity contribution in [2.45, 2.75) is 19.8 Å². The van der Waals surface area contributed by atoms with Crippen LogP contribution in [0.3, 0.4) is 0 Å². The SMILES string of the molecule is CC(C)c1c(N)ncnc1-c1ccc2c(c1)OCCO2. The summed E-state index contributed by atoms with van der Waals surface area (Å²) in [4.78, 5) is 8.48. The number of hydrogen-bond donors (Lipinski definition) is 1. The maximum absolute atomic E-state index is 5.99. The Hall–Kier alpha value is -2.30. The van der Waals surface area contributed by atoms with Gasteiger partial charge in [-0.05, 0) is 24.1 Å². The first-order chi connectivity index (χ1) is 9.66. The molecule has 0 bridgehead atoms. The third-order valence-electron chi connectivity index (χ3n) is 3.31. The van der Waals surface area contributed by atoms with Gasteiger partial charge in [-0.2, -0.15) is 0 Å². The summed E-state index contributed by atoms with van der Waals surface area (Å²) in [5.41, 5.74) is 8.77. The number of rotatable bonds is 2. The Labute approximate surface area is 117 Å². The molecule has 0 atom stereocenters. The number of nitrogens with zero attached hydrogens (tertiary/aromatic N) is 2. The lowest BCUT2D eigenvalue weighted by Gasteiger charge is -2.20. The standard InChI is InChI=1S/C15H17N3O2/c1-9(2)13-14(17-8-18-15(13)16)10-3-4-11-12(7-10)20-6-5-19-11/h3-4,7-9H,5-6H2,1-2H3,(H2,16,17,18). The highest BCUT2D eigenvalue weighted by atomic mass is 16.6. The molecule has 1 aliphatic heterocycles. The average Bonchev–Trinajstić information content (AvgIpc) is 2.46. The summed E-state index contributed by atoms with van der Waals surface area (Å²) >= 11 is 0. The molecule has 2 N–H and O–H groups in total. The zero-order valence-corrected chi connectivity index (χ0v) is 11.6. The van der Waals surface area contributed by atoms with Gasteiger partial charge >= 0.3 is 0 Å². The zero-order chi connectivity index (χ0) is 14.1. The number of benzene rings is 1. The Morgan fingerprint density at radius 1 is 1.10 bits per heavy atom. The van der Waals surface area contributed by atoms with Gasteiger partial charge < -0.3 is 15.2 Å². The largest absolute Gasteiger partial charge is 0.486 e. The molecule has 0 amide bonds. The van der Waals surface area contributed by atoms with Crippen LogP contribution >= 0.6 is 0 Å². The fraction of sp³-hybridized carbons (Fsp3) is 0.333. The normalized spacial score (nSPS) is 13.6. The maximum Gasteiger partial charge on any atom is 0.162 e. The monoisotopic (exact) mass is 271 g/mol. The van der Waals surface area contributed by atoms with Crippen molar-refractivity contribution in [2.24, 2.45) is 0 Å². The van der Waals surface area contributed by atoms with Crippen molar-refractivity contribution in [3.63, 3.8) is 0 Å². The van der Waals surface area contributed by atoms with Crippen molar-refractivity contribution in [3.05, 3.63) is 30.1 Å². The molecule has 1 aliphatic rings. The van der Waals surface area contributed by atoms with Crippen molar-refractivity contribution in [3.8, 4) is 22.8 Å². The summed E-state index contributed by atoms with van der Waals surface area (Å²) < 4.78 is 11.1. The Kier molecular flexibility index (Phi) is 3.18. The van der Waals surface area contributed by atoms with Gasteiger partial charge in [-0.25, -0.2) is 9.97 Å². The Bertz CT molecular complexity index is 641. The van der Waals surface area contributed by atoms with E-state index in [0.717, 1.165) is 28.3 Å². The van der Waals surface area contributed by atoms with Gasteiger partial charge in [0.15, 0.2) is 11.5 Å².